The number of anilines is 1. The molecule has 5 N–H and O–H groups in total. The van der Waals surface area contributed by atoms with Crippen LogP contribution in [0.5, 0.6) is 0 Å². The van der Waals surface area contributed by atoms with Gasteiger partial charge in [0.2, 0.25) is 6.23 Å². The molecule has 1 aliphatic rings. The number of benzene rings is 1. The summed E-state index contributed by atoms with van der Waals surface area (Å²) in [6, 6.07) is 9.03. The number of nitrogens with zero attached hydrogens (tertiary/aromatic N) is 2. The van der Waals surface area contributed by atoms with Crippen molar-refractivity contribution in [2.45, 2.75) is 36.6 Å². The summed E-state index contributed by atoms with van der Waals surface area (Å²) in [5, 5.41) is 40.9. The van der Waals surface area contributed by atoms with E-state index in [2.05, 4.69) is 10.3 Å². The summed E-state index contributed by atoms with van der Waals surface area (Å²) in [5.41, 5.74) is -0.987. The minimum atomic E-state index is -4.23. The number of hydrogen-bond donors (Lipinski definition) is 5. The molecule has 1 aliphatic heterocycles. The zero-order chi connectivity index (χ0) is 22.1. The predicted molar refractivity (Wildman–Crippen MR) is 96.9 cm³/mol. The number of hydrogen-bond acceptors (Lipinski definition) is 8. The number of alkyl halides is 2. The van der Waals surface area contributed by atoms with Crippen LogP contribution < -0.4 is 11.0 Å². The lowest BCUT2D eigenvalue weighted by molar-refractivity contribution is -0.233. The molecule has 0 saturated carbocycles. The van der Waals surface area contributed by atoms with Crippen molar-refractivity contribution in [2.75, 3.05) is 11.9 Å². The molecule has 0 aliphatic carbocycles. The Morgan fingerprint density at radius 3 is 2.43 bits per heavy atom. The first kappa shape index (κ1) is 21.9. The molecule has 0 radical (unpaired) electrons. The first-order valence-corrected chi connectivity index (χ1v) is 8.80. The third-order valence-corrected chi connectivity index (χ3v) is 4.62. The number of carbonyl (C=O) groups is 1. The first-order chi connectivity index (χ1) is 14.2. The molecular formula is C18H19F2N3O7. The molecule has 0 spiro atoms. The van der Waals surface area contributed by atoms with E-state index in [9.17, 15) is 38.8 Å². The van der Waals surface area contributed by atoms with Crippen LogP contribution in [0.3, 0.4) is 0 Å². The lowest BCUT2D eigenvalue weighted by atomic mass is 10.00. The van der Waals surface area contributed by atoms with Gasteiger partial charge in [-0.2, -0.15) is 13.8 Å². The largest absolute Gasteiger partial charge is 0.394 e. The summed E-state index contributed by atoms with van der Waals surface area (Å²) < 4.78 is 34.6. The van der Waals surface area contributed by atoms with Crippen LogP contribution in [-0.4, -0.2) is 72.8 Å². The molecule has 1 fully saturated rings. The summed E-state index contributed by atoms with van der Waals surface area (Å²) in [6.45, 7) is -0.967. The Morgan fingerprint density at radius 2 is 1.83 bits per heavy atom. The lowest BCUT2D eigenvalue weighted by Crippen LogP contribution is -2.51. The number of amides is 1. The summed E-state index contributed by atoms with van der Waals surface area (Å²) in [7, 11) is 0. The average molecular weight is 427 g/mol. The smallest absolute Gasteiger partial charge is 0.351 e. The van der Waals surface area contributed by atoms with Gasteiger partial charge in [0.05, 0.1) is 6.61 Å². The molecule has 0 bridgehead atoms. The van der Waals surface area contributed by atoms with Gasteiger partial charge in [0.25, 0.3) is 5.91 Å². The Kier molecular flexibility index (Phi) is 6.24. The second-order valence-electron chi connectivity index (χ2n) is 6.63. The van der Waals surface area contributed by atoms with Crippen LogP contribution >= 0.6 is 0 Å². The van der Waals surface area contributed by atoms with Crippen LogP contribution in [0, 0.1) is 0 Å². The first-order valence-electron chi connectivity index (χ1n) is 8.80. The molecule has 30 heavy (non-hydrogen) atoms. The molecule has 162 valence electrons. The van der Waals surface area contributed by atoms with Crippen molar-refractivity contribution in [3.63, 3.8) is 0 Å². The third-order valence-electron chi connectivity index (χ3n) is 4.62. The van der Waals surface area contributed by atoms with Gasteiger partial charge in [-0.25, -0.2) is 4.79 Å². The van der Waals surface area contributed by atoms with Crippen molar-refractivity contribution < 1.29 is 38.7 Å². The average Bonchev–Trinajstić information content (AvgIpc) is 2.79. The highest BCUT2D eigenvalue weighted by molar-refractivity contribution is 6.03. The maximum atomic E-state index is 14.7. The second kappa shape index (κ2) is 8.53. The highest BCUT2D eigenvalue weighted by atomic mass is 19.3. The Balaban J connectivity index is 1.91. The van der Waals surface area contributed by atoms with Crippen LogP contribution in [0.1, 0.15) is 16.6 Å². The summed E-state index contributed by atoms with van der Waals surface area (Å²) in [4.78, 5) is 28.0. The number of carbonyl (C=O) groups excluding carboxylic acids is 1. The van der Waals surface area contributed by atoms with Gasteiger partial charge >= 0.3 is 11.6 Å². The highest BCUT2D eigenvalue weighted by Gasteiger charge is 2.58. The third kappa shape index (κ3) is 4.08. The monoisotopic (exact) mass is 427 g/mol. The van der Waals surface area contributed by atoms with Crippen molar-refractivity contribution in [3.05, 3.63) is 58.6 Å². The molecule has 1 aromatic carbocycles. The van der Waals surface area contributed by atoms with E-state index >= 15 is 0 Å². The van der Waals surface area contributed by atoms with Gasteiger partial charge in [-0.1, -0.05) is 18.2 Å². The number of aliphatic hydroxyl groups excluding tert-OH is 4. The fourth-order valence-corrected chi connectivity index (χ4v) is 2.96. The molecule has 1 amide bonds. The van der Waals surface area contributed by atoms with E-state index in [0.29, 0.717) is 4.57 Å². The van der Waals surface area contributed by atoms with Crippen LogP contribution in [0.15, 0.2) is 47.4 Å². The van der Waals surface area contributed by atoms with E-state index in [0.717, 1.165) is 12.3 Å². The SMILES string of the molecule is O=C(Nc1ccn([C@@H]2O[C@H](CO)[C@@H](O)[C@H](O)[C@@H](O)C2(F)F)c(=O)n1)c1ccccc1. The molecule has 2 heterocycles. The standard InChI is InChI=1S/C18H19F2N3O7/c19-18(20)14(27)13(26)12(25)10(8-24)30-16(18)23-7-6-11(22-17(23)29)21-15(28)9-4-2-1-3-5-9/h1-7,10,12-14,16,24-27H,8H2,(H,21,22,28,29)/t10-,12-,13+,14-,16-/m1/s1. The lowest BCUT2D eigenvalue weighted by Gasteiger charge is -2.30. The van der Waals surface area contributed by atoms with E-state index in [-0.39, 0.29) is 11.4 Å². The number of aliphatic hydroxyl groups is 4. The molecule has 2 aromatic rings. The Hall–Kier alpha value is -2.77. The molecule has 12 heteroatoms. The molecule has 5 atom stereocenters. The fourth-order valence-electron chi connectivity index (χ4n) is 2.96. The van der Waals surface area contributed by atoms with E-state index < -0.39 is 54.8 Å². The van der Waals surface area contributed by atoms with Crippen molar-refractivity contribution in [3.8, 4) is 0 Å². The summed E-state index contributed by atoms with van der Waals surface area (Å²) >= 11 is 0. The van der Waals surface area contributed by atoms with Gasteiger partial charge in [-0.05, 0) is 18.2 Å². The van der Waals surface area contributed by atoms with Crippen molar-refractivity contribution in [1.29, 1.82) is 0 Å². The van der Waals surface area contributed by atoms with E-state index in [4.69, 9.17) is 4.74 Å². The van der Waals surface area contributed by atoms with Gasteiger partial charge in [0.15, 0.2) is 6.10 Å². The Bertz CT molecular complexity index is 956. The predicted octanol–water partition coefficient (Wildman–Crippen LogP) is -0.897. The fraction of sp³-hybridized carbons (Fsp3) is 0.389. The second-order valence-corrected chi connectivity index (χ2v) is 6.63. The number of aromatic nitrogens is 2. The van der Waals surface area contributed by atoms with Gasteiger partial charge < -0.3 is 30.5 Å². The zero-order valence-electron chi connectivity index (χ0n) is 15.3. The molecular weight excluding hydrogens is 408 g/mol. The van der Waals surface area contributed by atoms with Crippen LogP contribution in [-0.2, 0) is 4.74 Å². The molecule has 0 unspecified atom stereocenters. The van der Waals surface area contributed by atoms with Crippen LogP contribution in [0.2, 0.25) is 0 Å². The topological polar surface area (TPSA) is 154 Å². The zero-order valence-corrected chi connectivity index (χ0v) is 15.3. The maximum Gasteiger partial charge on any atom is 0.351 e. The minimum Gasteiger partial charge on any atom is -0.394 e. The quantitative estimate of drug-likeness (QED) is 0.421. The van der Waals surface area contributed by atoms with Gasteiger partial charge in [0, 0.05) is 11.8 Å². The Morgan fingerprint density at radius 1 is 1.17 bits per heavy atom. The summed E-state index contributed by atoms with van der Waals surface area (Å²) in [5.74, 6) is -5.04. The minimum absolute atomic E-state index is 0.221. The van der Waals surface area contributed by atoms with Crippen molar-refractivity contribution in [1.82, 2.24) is 9.55 Å². The number of ether oxygens (including phenoxy) is 1. The highest BCUT2D eigenvalue weighted by Crippen LogP contribution is 2.39. The van der Waals surface area contributed by atoms with E-state index in [1.807, 2.05) is 0 Å². The number of rotatable bonds is 4. The van der Waals surface area contributed by atoms with Crippen molar-refractivity contribution in [2.24, 2.45) is 0 Å². The van der Waals surface area contributed by atoms with Gasteiger partial charge in [-0.15, -0.1) is 0 Å². The van der Waals surface area contributed by atoms with E-state index in [1.165, 1.54) is 12.1 Å². The normalized spacial score (nSPS) is 28.5. The molecule has 10 nitrogen and oxygen atoms in total. The number of halogens is 2. The summed E-state index contributed by atoms with van der Waals surface area (Å²) in [6.07, 6.45) is -10.5. The molecule has 1 saturated heterocycles. The van der Waals surface area contributed by atoms with Crippen molar-refractivity contribution >= 4 is 11.7 Å². The maximum absolute atomic E-state index is 14.7. The molecule has 1 aromatic heterocycles. The molecule has 3 rings (SSSR count). The van der Waals surface area contributed by atoms with Crippen LogP contribution in [0.25, 0.3) is 0 Å². The van der Waals surface area contributed by atoms with Crippen LogP contribution in [0.4, 0.5) is 14.6 Å². The Labute approximate surface area is 168 Å². The van der Waals surface area contributed by atoms with E-state index in [1.54, 1.807) is 18.2 Å². The number of nitrogens with one attached hydrogen (secondary N) is 1. The van der Waals surface area contributed by atoms with Gasteiger partial charge in [0.1, 0.15) is 24.1 Å². The van der Waals surface area contributed by atoms with Gasteiger partial charge in [-0.3, -0.25) is 9.36 Å².